The number of non-ortho nitro benzene ring substituents is 1. The zero-order valence-corrected chi connectivity index (χ0v) is 13.4. The molecule has 0 atom stereocenters. The zero-order valence-electron chi connectivity index (χ0n) is 11.0. The van der Waals surface area contributed by atoms with Crippen LogP contribution >= 0.6 is 27.3 Å². The number of hydrogen-bond acceptors (Lipinski definition) is 5. The molecule has 0 radical (unpaired) electrons. The largest absolute Gasteiger partial charge is 0.320 e. The Bertz CT molecular complexity index is 796. The Kier molecular flexibility index (Phi) is 4.24. The predicted octanol–water partition coefficient (Wildman–Crippen LogP) is 2.68. The highest BCUT2D eigenvalue weighted by Gasteiger charge is 2.18. The van der Waals surface area contributed by atoms with Crippen molar-refractivity contribution >= 4 is 44.5 Å². The van der Waals surface area contributed by atoms with E-state index in [9.17, 15) is 19.7 Å². The third-order valence-electron chi connectivity index (χ3n) is 2.91. The maximum absolute atomic E-state index is 12.2. The summed E-state index contributed by atoms with van der Waals surface area (Å²) in [7, 11) is 1.58. The fourth-order valence-corrected chi connectivity index (χ4v) is 2.85. The van der Waals surface area contributed by atoms with Crippen LogP contribution in [0.5, 0.6) is 0 Å². The van der Waals surface area contributed by atoms with Crippen LogP contribution < -0.4 is 10.2 Å². The van der Waals surface area contributed by atoms with Crippen LogP contribution in [0.3, 0.4) is 0 Å². The summed E-state index contributed by atoms with van der Waals surface area (Å²) < 4.78 is 1.89. The summed E-state index contributed by atoms with van der Waals surface area (Å²) in [6.07, 6.45) is 0. The minimum atomic E-state index is -0.547. The van der Waals surface area contributed by atoms with Crippen molar-refractivity contribution in [1.82, 2.24) is 4.57 Å². The summed E-state index contributed by atoms with van der Waals surface area (Å²) in [6, 6.07) is 4.06. The van der Waals surface area contributed by atoms with Crippen molar-refractivity contribution in [2.24, 2.45) is 7.05 Å². The molecule has 21 heavy (non-hydrogen) atoms. The topological polar surface area (TPSA) is 94.2 Å². The van der Waals surface area contributed by atoms with Crippen LogP contribution in [0.4, 0.5) is 11.4 Å². The zero-order chi connectivity index (χ0) is 15.7. The molecule has 0 unspecified atom stereocenters. The fraction of sp³-hybridized carbons (Fsp3) is 0.167. The lowest BCUT2D eigenvalue weighted by Crippen LogP contribution is -2.13. The monoisotopic (exact) mass is 371 g/mol. The molecule has 1 aromatic carbocycles. The number of carbonyl (C=O) groups is 1. The first kappa shape index (κ1) is 15.4. The molecule has 1 heterocycles. The molecule has 0 aliphatic heterocycles. The van der Waals surface area contributed by atoms with Gasteiger partial charge in [0.05, 0.1) is 10.6 Å². The number of anilines is 1. The summed E-state index contributed by atoms with van der Waals surface area (Å²) in [4.78, 5) is 34.0. The van der Waals surface area contributed by atoms with Gasteiger partial charge in [-0.15, -0.1) is 0 Å². The van der Waals surface area contributed by atoms with Crippen molar-refractivity contribution in [3.8, 4) is 0 Å². The molecule has 0 bridgehead atoms. The molecule has 0 spiro atoms. The number of thiazole rings is 1. The van der Waals surface area contributed by atoms with Crippen molar-refractivity contribution in [3.05, 3.63) is 53.0 Å². The lowest BCUT2D eigenvalue weighted by atomic mass is 10.2. The van der Waals surface area contributed by atoms with Crippen LogP contribution in [0.15, 0.2) is 27.5 Å². The van der Waals surface area contributed by atoms with E-state index in [0.29, 0.717) is 10.2 Å². The van der Waals surface area contributed by atoms with Gasteiger partial charge < -0.3 is 9.88 Å². The highest BCUT2D eigenvalue weighted by Crippen LogP contribution is 2.28. The quantitative estimate of drug-likeness (QED) is 0.662. The average molecular weight is 372 g/mol. The van der Waals surface area contributed by atoms with Crippen molar-refractivity contribution in [2.75, 3.05) is 5.32 Å². The number of nitro groups is 1. The Morgan fingerprint density at radius 1 is 1.48 bits per heavy atom. The summed E-state index contributed by atoms with van der Waals surface area (Å²) in [5.41, 5.74) is 0.688. The van der Waals surface area contributed by atoms with E-state index < -0.39 is 10.8 Å². The highest BCUT2D eigenvalue weighted by atomic mass is 79.9. The van der Waals surface area contributed by atoms with Gasteiger partial charge in [-0.05, 0) is 28.9 Å². The Morgan fingerprint density at radius 2 is 2.14 bits per heavy atom. The molecule has 7 nitrogen and oxygen atoms in total. The molecule has 0 aliphatic rings. The predicted molar refractivity (Wildman–Crippen MR) is 83.0 cm³/mol. The maximum Gasteiger partial charge on any atom is 0.307 e. The van der Waals surface area contributed by atoms with Crippen LogP contribution in [0.1, 0.15) is 15.4 Å². The summed E-state index contributed by atoms with van der Waals surface area (Å²) in [5.74, 6) is -0.476. The van der Waals surface area contributed by atoms with E-state index in [-0.39, 0.29) is 21.1 Å². The molecule has 0 aliphatic carbocycles. The second-order valence-corrected chi connectivity index (χ2v) is 6.03. The number of rotatable bonds is 3. The molecule has 1 amide bonds. The van der Waals surface area contributed by atoms with E-state index in [1.54, 1.807) is 14.0 Å². The van der Waals surface area contributed by atoms with Gasteiger partial charge in [-0.1, -0.05) is 11.3 Å². The Morgan fingerprint density at radius 3 is 2.67 bits per heavy atom. The standard InChI is InChI=1S/C12H10BrN3O4S/c1-6-10(21-12(18)15(6)2)11(17)14-9-5-7(16(19)20)3-4-8(9)13/h3-5H,1-2H3,(H,14,17). The van der Waals surface area contributed by atoms with Gasteiger partial charge in [0.15, 0.2) is 0 Å². The summed E-state index contributed by atoms with van der Waals surface area (Å²) in [6.45, 7) is 1.66. The molecular weight excluding hydrogens is 362 g/mol. The molecular formula is C12H10BrN3O4S. The normalized spacial score (nSPS) is 10.4. The number of nitro benzene ring substituents is 1. The molecule has 2 aromatic rings. The Balaban J connectivity index is 2.35. The summed E-state index contributed by atoms with van der Waals surface area (Å²) >= 11 is 4.05. The van der Waals surface area contributed by atoms with Gasteiger partial charge in [0.2, 0.25) is 0 Å². The average Bonchev–Trinajstić information content (AvgIpc) is 2.68. The van der Waals surface area contributed by atoms with Gasteiger partial charge >= 0.3 is 4.87 Å². The van der Waals surface area contributed by atoms with Crippen LogP contribution in [0.2, 0.25) is 0 Å². The van der Waals surface area contributed by atoms with Gasteiger partial charge in [0.25, 0.3) is 11.6 Å². The van der Waals surface area contributed by atoms with E-state index in [1.807, 2.05) is 0 Å². The van der Waals surface area contributed by atoms with E-state index in [2.05, 4.69) is 21.2 Å². The van der Waals surface area contributed by atoms with Gasteiger partial charge in [-0.2, -0.15) is 0 Å². The number of aromatic nitrogens is 1. The molecule has 9 heteroatoms. The van der Waals surface area contributed by atoms with E-state index in [1.165, 1.54) is 22.8 Å². The first-order valence-electron chi connectivity index (χ1n) is 5.73. The number of hydrogen-bond donors (Lipinski definition) is 1. The third kappa shape index (κ3) is 3.03. The van der Waals surface area contributed by atoms with Crippen molar-refractivity contribution in [3.63, 3.8) is 0 Å². The SMILES string of the molecule is Cc1c(C(=O)Nc2cc([N+](=O)[O-])ccc2Br)sc(=O)n1C. The molecule has 1 N–H and O–H groups in total. The van der Waals surface area contributed by atoms with Crippen molar-refractivity contribution in [2.45, 2.75) is 6.92 Å². The first-order valence-corrected chi connectivity index (χ1v) is 7.34. The van der Waals surface area contributed by atoms with Gasteiger partial charge in [-0.3, -0.25) is 19.7 Å². The number of nitrogens with one attached hydrogen (secondary N) is 1. The minimum Gasteiger partial charge on any atom is -0.320 e. The van der Waals surface area contributed by atoms with Crippen molar-refractivity contribution in [1.29, 1.82) is 0 Å². The second-order valence-electron chi connectivity index (χ2n) is 4.22. The number of amides is 1. The van der Waals surface area contributed by atoms with Crippen molar-refractivity contribution < 1.29 is 9.72 Å². The van der Waals surface area contributed by atoms with E-state index in [0.717, 1.165) is 11.3 Å². The van der Waals surface area contributed by atoms with E-state index >= 15 is 0 Å². The number of benzene rings is 1. The molecule has 1 aromatic heterocycles. The number of carbonyl (C=O) groups excluding carboxylic acids is 1. The summed E-state index contributed by atoms with van der Waals surface area (Å²) in [5, 5.41) is 13.3. The Labute approximate surface area is 131 Å². The molecule has 0 saturated carbocycles. The lowest BCUT2D eigenvalue weighted by molar-refractivity contribution is -0.384. The molecule has 0 fully saturated rings. The molecule has 110 valence electrons. The van der Waals surface area contributed by atoms with Gasteiger partial charge in [-0.25, -0.2) is 0 Å². The van der Waals surface area contributed by atoms with E-state index in [4.69, 9.17) is 0 Å². The highest BCUT2D eigenvalue weighted by molar-refractivity contribution is 9.10. The second kappa shape index (κ2) is 5.78. The van der Waals surface area contributed by atoms with Gasteiger partial charge in [0, 0.05) is 29.3 Å². The minimum absolute atomic E-state index is 0.133. The van der Waals surface area contributed by atoms with Crippen LogP contribution in [-0.2, 0) is 7.05 Å². The van der Waals surface area contributed by atoms with Crippen LogP contribution in [0, 0.1) is 17.0 Å². The lowest BCUT2D eigenvalue weighted by Gasteiger charge is -2.06. The smallest absolute Gasteiger partial charge is 0.307 e. The molecule has 2 rings (SSSR count). The van der Waals surface area contributed by atoms with Gasteiger partial charge in [0.1, 0.15) is 4.88 Å². The number of halogens is 1. The number of nitrogens with zero attached hydrogens (tertiary/aromatic N) is 2. The first-order chi connectivity index (χ1) is 9.81. The maximum atomic E-state index is 12.2. The van der Waals surface area contributed by atoms with Crippen LogP contribution in [0.25, 0.3) is 0 Å². The molecule has 0 saturated heterocycles. The third-order valence-corrected chi connectivity index (χ3v) is 4.74. The Hall–Kier alpha value is -2.00. The van der Waals surface area contributed by atoms with Crippen LogP contribution in [-0.4, -0.2) is 15.4 Å². The fourth-order valence-electron chi connectivity index (χ4n) is 1.63.